The normalized spacial score (nSPS) is 36.6. The Bertz CT molecular complexity index is 641. The highest BCUT2D eigenvalue weighted by molar-refractivity contribution is 6.07. The smallest absolute Gasteiger partial charge is 0.236 e. The van der Waals surface area contributed by atoms with Crippen molar-refractivity contribution in [3.63, 3.8) is 0 Å². The number of carbonyl (C=O) groups excluding carboxylic acids is 2. The van der Waals surface area contributed by atoms with E-state index in [1.807, 2.05) is 30.3 Å². The molecule has 4 atom stereocenters. The minimum absolute atomic E-state index is 0.196. The van der Waals surface area contributed by atoms with Crippen molar-refractivity contribution < 1.29 is 19.4 Å². The molecule has 2 saturated heterocycles. The molecule has 5 heteroatoms. The van der Waals surface area contributed by atoms with Crippen LogP contribution in [0.2, 0.25) is 0 Å². The lowest BCUT2D eigenvalue weighted by Gasteiger charge is -2.26. The molecule has 5 nitrogen and oxygen atoms in total. The third-order valence-electron chi connectivity index (χ3n) is 4.68. The number of aliphatic hydroxyl groups is 1. The van der Waals surface area contributed by atoms with Crippen LogP contribution in [0.1, 0.15) is 5.56 Å². The van der Waals surface area contributed by atoms with E-state index >= 15 is 0 Å². The molecule has 2 bridgehead atoms. The lowest BCUT2D eigenvalue weighted by molar-refractivity contribution is -0.146. The third kappa shape index (κ3) is 1.58. The Labute approximate surface area is 121 Å². The molecule has 3 aliphatic rings. The predicted molar refractivity (Wildman–Crippen MR) is 72.8 cm³/mol. The van der Waals surface area contributed by atoms with E-state index in [1.165, 1.54) is 4.90 Å². The topological polar surface area (TPSA) is 66.8 Å². The zero-order valence-corrected chi connectivity index (χ0v) is 11.3. The molecule has 2 fully saturated rings. The van der Waals surface area contributed by atoms with Gasteiger partial charge < -0.3 is 9.84 Å². The number of hydrogen-bond donors (Lipinski definition) is 1. The van der Waals surface area contributed by atoms with Crippen molar-refractivity contribution in [1.29, 1.82) is 0 Å². The number of nitrogens with zero attached hydrogens (tertiary/aromatic N) is 1. The van der Waals surface area contributed by atoms with Crippen LogP contribution in [0.3, 0.4) is 0 Å². The van der Waals surface area contributed by atoms with Crippen LogP contribution in [-0.2, 0) is 20.9 Å². The first-order valence-electron chi connectivity index (χ1n) is 7.03. The van der Waals surface area contributed by atoms with Gasteiger partial charge in [-0.1, -0.05) is 42.5 Å². The average Bonchev–Trinajstić information content (AvgIpc) is 3.15. The summed E-state index contributed by atoms with van der Waals surface area (Å²) >= 11 is 0. The predicted octanol–water partition coefficient (Wildman–Crippen LogP) is 0.487. The van der Waals surface area contributed by atoms with Gasteiger partial charge in [0.05, 0.1) is 31.1 Å². The van der Waals surface area contributed by atoms with Crippen LogP contribution in [0.4, 0.5) is 0 Å². The summed E-state index contributed by atoms with van der Waals surface area (Å²) in [6.45, 7) is -0.000894. The molecule has 4 rings (SSSR count). The SMILES string of the molecule is O=C1[C@@H]2[C@H]3C=C[C@@](CO)(O3)[C@H]2C(=O)N1Cc1ccccc1. The lowest BCUT2D eigenvalue weighted by Crippen LogP contribution is -2.43. The molecule has 0 spiro atoms. The second-order valence-electron chi connectivity index (χ2n) is 5.81. The number of imide groups is 1. The summed E-state index contributed by atoms with van der Waals surface area (Å²) in [5, 5.41) is 9.61. The highest BCUT2D eigenvalue weighted by Crippen LogP contribution is 2.51. The number of fused-ring (bicyclic) bond motifs is 5. The summed E-state index contributed by atoms with van der Waals surface area (Å²) in [5.41, 5.74) is -0.0912. The van der Waals surface area contributed by atoms with E-state index in [4.69, 9.17) is 4.74 Å². The molecule has 3 heterocycles. The first-order chi connectivity index (χ1) is 10.2. The van der Waals surface area contributed by atoms with Gasteiger partial charge in [-0.2, -0.15) is 0 Å². The molecular formula is C16H15NO4. The zero-order chi connectivity index (χ0) is 14.6. The van der Waals surface area contributed by atoms with E-state index in [0.717, 1.165) is 5.56 Å². The van der Waals surface area contributed by atoms with Gasteiger partial charge in [0.1, 0.15) is 5.60 Å². The van der Waals surface area contributed by atoms with Crippen molar-refractivity contribution in [3.8, 4) is 0 Å². The Morgan fingerprint density at radius 3 is 2.67 bits per heavy atom. The van der Waals surface area contributed by atoms with Crippen LogP contribution in [0.25, 0.3) is 0 Å². The summed E-state index contributed by atoms with van der Waals surface area (Å²) < 4.78 is 5.69. The Kier molecular flexibility index (Phi) is 2.58. The minimum Gasteiger partial charge on any atom is -0.393 e. The summed E-state index contributed by atoms with van der Waals surface area (Å²) in [4.78, 5) is 26.5. The molecule has 21 heavy (non-hydrogen) atoms. The van der Waals surface area contributed by atoms with E-state index in [2.05, 4.69) is 0 Å². The van der Waals surface area contributed by atoms with Crippen LogP contribution < -0.4 is 0 Å². The molecule has 1 aromatic rings. The number of hydrogen-bond acceptors (Lipinski definition) is 4. The molecule has 0 aliphatic carbocycles. The standard InChI is InChI=1S/C16H15NO4/c18-9-16-7-6-11(21-16)12-13(16)15(20)17(14(12)19)8-10-4-2-1-3-5-10/h1-7,11-13,18H,8-9H2/t11-,12-,13-,16+/m1/s1. The number of aliphatic hydroxyl groups excluding tert-OH is 1. The fraction of sp³-hybridized carbons (Fsp3) is 0.375. The minimum atomic E-state index is -1.01. The number of benzene rings is 1. The second kappa shape index (κ2) is 4.26. The Balaban J connectivity index is 1.66. The van der Waals surface area contributed by atoms with E-state index in [0.29, 0.717) is 0 Å². The summed E-state index contributed by atoms with van der Waals surface area (Å²) in [5.74, 6) is -1.51. The van der Waals surface area contributed by atoms with E-state index in [-0.39, 0.29) is 31.1 Å². The van der Waals surface area contributed by atoms with Crippen molar-refractivity contribution in [2.45, 2.75) is 18.2 Å². The van der Waals surface area contributed by atoms with Crippen molar-refractivity contribution in [1.82, 2.24) is 4.90 Å². The molecule has 1 aromatic carbocycles. The van der Waals surface area contributed by atoms with Crippen LogP contribution in [0.5, 0.6) is 0 Å². The quantitative estimate of drug-likeness (QED) is 0.648. The summed E-state index contributed by atoms with van der Waals surface area (Å²) in [7, 11) is 0. The Morgan fingerprint density at radius 2 is 1.95 bits per heavy atom. The highest BCUT2D eigenvalue weighted by atomic mass is 16.5. The van der Waals surface area contributed by atoms with Crippen LogP contribution in [0.15, 0.2) is 42.5 Å². The first kappa shape index (κ1) is 12.7. The molecule has 1 N–H and O–H groups in total. The van der Waals surface area contributed by atoms with Crippen LogP contribution in [0, 0.1) is 11.8 Å². The lowest BCUT2D eigenvalue weighted by atomic mass is 9.77. The Hall–Kier alpha value is -1.98. The van der Waals surface area contributed by atoms with Gasteiger partial charge >= 0.3 is 0 Å². The van der Waals surface area contributed by atoms with Crippen molar-refractivity contribution >= 4 is 11.8 Å². The van der Waals surface area contributed by atoms with Gasteiger partial charge in [0.25, 0.3) is 0 Å². The van der Waals surface area contributed by atoms with Crippen molar-refractivity contribution in [2.75, 3.05) is 6.61 Å². The molecule has 0 radical (unpaired) electrons. The number of carbonyl (C=O) groups is 2. The van der Waals surface area contributed by atoms with Gasteiger partial charge in [-0.15, -0.1) is 0 Å². The van der Waals surface area contributed by atoms with Gasteiger partial charge in [0.15, 0.2) is 0 Å². The van der Waals surface area contributed by atoms with Gasteiger partial charge in [-0.3, -0.25) is 14.5 Å². The number of rotatable bonds is 3. The van der Waals surface area contributed by atoms with Crippen molar-refractivity contribution in [3.05, 3.63) is 48.0 Å². The summed E-state index contributed by atoms with van der Waals surface area (Å²) in [6.07, 6.45) is 3.13. The van der Waals surface area contributed by atoms with E-state index in [1.54, 1.807) is 12.2 Å². The van der Waals surface area contributed by atoms with Gasteiger partial charge in [-0.25, -0.2) is 0 Å². The van der Waals surface area contributed by atoms with Crippen molar-refractivity contribution in [2.24, 2.45) is 11.8 Å². The fourth-order valence-electron chi connectivity index (χ4n) is 3.67. The maximum absolute atomic E-state index is 12.6. The fourth-order valence-corrected chi connectivity index (χ4v) is 3.67. The molecule has 0 saturated carbocycles. The monoisotopic (exact) mass is 285 g/mol. The van der Waals surface area contributed by atoms with Gasteiger partial charge in [-0.05, 0) is 5.56 Å². The molecule has 0 aromatic heterocycles. The van der Waals surface area contributed by atoms with E-state index in [9.17, 15) is 14.7 Å². The van der Waals surface area contributed by atoms with Gasteiger partial charge in [0, 0.05) is 0 Å². The zero-order valence-electron chi connectivity index (χ0n) is 11.3. The molecular weight excluding hydrogens is 270 g/mol. The molecule has 3 aliphatic heterocycles. The first-order valence-corrected chi connectivity index (χ1v) is 7.03. The highest BCUT2D eigenvalue weighted by Gasteiger charge is 2.67. The Morgan fingerprint density at radius 1 is 1.19 bits per heavy atom. The second-order valence-corrected chi connectivity index (χ2v) is 5.81. The number of likely N-dealkylation sites (tertiary alicyclic amines) is 1. The van der Waals surface area contributed by atoms with Crippen LogP contribution >= 0.6 is 0 Å². The summed E-state index contributed by atoms with van der Waals surface area (Å²) in [6, 6.07) is 9.43. The largest absolute Gasteiger partial charge is 0.393 e. The number of amides is 2. The molecule has 2 amide bonds. The molecule has 108 valence electrons. The maximum Gasteiger partial charge on any atom is 0.236 e. The van der Waals surface area contributed by atoms with E-state index < -0.39 is 17.4 Å². The molecule has 0 unspecified atom stereocenters. The maximum atomic E-state index is 12.6. The number of ether oxygens (including phenoxy) is 1. The third-order valence-corrected chi connectivity index (χ3v) is 4.68. The van der Waals surface area contributed by atoms with Gasteiger partial charge in [0.2, 0.25) is 11.8 Å². The average molecular weight is 285 g/mol. The van der Waals surface area contributed by atoms with Crippen LogP contribution in [-0.4, -0.2) is 40.1 Å².